The Morgan fingerprint density at radius 2 is 1.87 bits per heavy atom. The zero-order valence-electron chi connectivity index (χ0n) is 17.5. The van der Waals surface area contributed by atoms with Gasteiger partial charge in [-0.25, -0.2) is 4.98 Å². The summed E-state index contributed by atoms with van der Waals surface area (Å²) in [5, 5.41) is 11.5. The number of hydrogen-bond acceptors (Lipinski definition) is 6. The van der Waals surface area contributed by atoms with E-state index in [0.29, 0.717) is 18.2 Å². The van der Waals surface area contributed by atoms with Gasteiger partial charge >= 0.3 is 0 Å². The van der Waals surface area contributed by atoms with Crippen molar-refractivity contribution < 1.29 is 9.72 Å². The lowest BCUT2D eigenvalue weighted by Gasteiger charge is -2.20. The third-order valence-electron chi connectivity index (χ3n) is 4.61. The predicted octanol–water partition coefficient (Wildman–Crippen LogP) is 4.43. The maximum absolute atomic E-state index is 13.0. The number of carbonyl (C=O) groups is 1. The smallest absolute Gasteiger partial charge is 0.269 e. The number of aromatic nitrogens is 1. The standard InChI is InChI=1S/C22H24N4O3S/c1-15-13-16(2)21-19(14-15)30-22(23-21)25(12-11-24(3)4)20(27)10-7-17-5-8-18(9-6-17)26(28)29/h5-10,13-14H,11-12H2,1-4H3/b10-7-. The average Bonchev–Trinajstić information content (AvgIpc) is 3.10. The number of fused-ring (bicyclic) bond motifs is 1. The Morgan fingerprint density at radius 1 is 1.17 bits per heavy atom. The fraction of sp³-hybridized carbons (Fsp3) is 0.273. The van der Waals surface area contributed by atoms with Gasteiger partial charge in [0.05, 0.1) is 15.1 Å². The van der Waals surface area contributed by atoms with Gasteiger partial charge in [0.25, 0.3) is 11.6 Å². The molecule has 7 nitrogen and oxygen atoms in total. The Hall–Kier alpha value is -3.10. The maximum atomic E-state index is 13.0. The molecule has 30 heavy (non-hydrogen) atoms. The van der Waals surface area contributed by atoms with Crippen LogP contribution in [0, 0.1) is 24.0 Å². The van der Waals surface area contributed by atoms with Crippen molar-refractivity contribution in [2.75, 3.05) is 32.1 Å². The number of benzene rings is 2. The number of nitro groups is 1. The normalized spacial score (nSPS) is 11.5. The third kappa shape index (κ3) is 5.08. The van der Waals surface area contributed by atoms with E-state index in [1.165, 1.54) is 35.1 Å². The van der Waals surface area contributed by atoms with E-state index in [9.17, 15) is 14.9 Å². The fourth-order valence-electron chi connectivity index (χ4n) is 3.04. The molecule has 0 radical (unpaired) electrons. The number of anilines is 1. The van der Waals surface area contributed by atoms with Gasteiger partial charge in [0, 0.05) is 31.3 Å². The van der Waals surface area contributed by atoms with Crippen LogP contribution in [-0.4, -0.2) is 47.9 Å². The molecule has 0 aliphatic heterocycles. The summed E-state index contributed by atoms with van der Waals surface area (Å²) >= 11 is 1.51. The van der Waals surface area contributed by atoms with Crippen LogP contribution in [0.3, 0.4) is 0 Å². The van der Waals surface area contributed by atoms with Crippen LogP contribution in [0.2, 0.25) is 0 Å². The van der Waals surface area contributed by atoms with E-state index in [1.807, 2.05) is 32.8 Å². The van der Waals surface area contributed by atoms with Gasteiger partial charge < -0.3 is 4.90 Å². The second-order valence-corrected chi connectivity index (χ2v) is 8.41. The minimum atomic E-state index is -0.446. The van der Waals surface area contributed by atoms with Crippen molar-refractivity contribution in [1.29, 1.82) is 0 Å². The summed E-state index contributed by atoms with van der Waals surface area (Å²) < 4.78 is 1.06. The first-order chi connectivity index (χ1) is 14.2. The van der Waals surface area contributed by atoms with Crippen LogP contribution >= 0.6 is 11.3 Å². The molecule has 3 rings (SSSR count). The van der Waals surface area contributed by atoms with Gasteiger partial charge in [0.15, 0.2) is 5.13 Å². The molecule has 1 heterocycles. The zero-order valence-corrected chi connectivity index (χ0v) is 18.3. The van der Waals surface area contributed by atoms with E-state index in [2.05, 4.69) is 12.1 Å². The zero-order chi connectivity index (χ0) is 21.8. The highest BCUT2D eigenvalue weighted by molar-refractivity contribution is 7.22. The highest BCUT2D eigenvalue weighted by Crippen LogP contribution is 2.32. The van der Waals surface area contributed by atoms with Gasteiger partial charge in [-0.15, -0.1) is 0 Å². The monoisotopic (exact) mass is 424 g/mol. The Morgan fingerprint density at radius 3 is 2.50 bits per heavy atom. The third-order valence-corrected chi connectivity index (χ3v) is 5.63. The first kappa shape index (κ1) is 21.6. The van der Waals surface area contributed by atoms with Crippen molar-refractivity contribution in [3.8, 4) is 0 Å². The fourth-order valence-corrected chi connectivity index (χ4v) is 4.21. The molecule has 0 unspecified atom stereocenters. The molecule has 156 valence electrons. The van der Waals surface area contributed by atoms with E-state index in [0.717, 1.165) is 21.3 Å². The molecular formula is C22H24N4O3S. The number of nitrogens with zero attached hydrogens (tertiary/aromatic N) is 4. The van der Waals surface area contributed by atoms with E-state index in [-0.39, 0.29) is 11.6 Å². The lowest BCUT2D eigenvalue weighted by molar-refractivity contribution is -0.384. The van der Waals surface area contributed by atoms with E-state index in [1.54, 1.807) is 23.1 Å². The number of non-ortho nitro benzene ring substituents is 1. The molecule has 0 saturated carbocycles. The van der Waals surface area contributed by atoms with Crippen molar-refractivity contribution in [2.45, 2.75) is 13.8 Å². The van der Waals surface area contributed by atoms with Crippen molar-refractivity contribution in [1.82, 2.24) is 9.88 Å². The van der Waals surface area contributed by atoms with Crippen LogP contribution in [0.25, 0.3) is 16.3 Å². The van der Waals surface area contributed by atoms with Crippen LogP contribution < -0.4 is 4.90 Å². The van der Waals surface area contributed by atoms with Crippen LogP contribution in [0.5, 0.6) is 0 Å². The van der Waals surface area contributed by atoms with Gasteiger partial charge in [-0.05, 0) is 68.9 Å². The van der Waals surface area contributed by atoms with Crippen molar-refractivity contribution >= 4 is 44.4 Å². The Kier molecular flexibility index (Phi) is 6.59. The number of aryl methyl sites for hydroxylation is 2. The highest BCUT2D eigenvalue weighted by Gasteiger charge is 2.19. The SMILES string of the molecule is Cc1cc(C)c2nc(N(CCN(C)C)C(=O)/C=C\c3ccc([N+](=O)[O-])cc3)sc2c1. The van der Waals surface area contributed by atoms with Crippen LogP contribution in [-0.2, 0) is 4.79 Å². The van der Waals surface area contributed by atoms with Gasteiger partial charge in [0.2, 0.25) is 0 Å². The van der Waals surface area contributed by atoms with Gasteiger partial charge in [-0.1, -0.05) is 17.4 Å². The summed E-state index contributed by atoms with van der Waals surface area (Å²) in [7, 11) is 3.92. The molecule has 0 spiro atoms. The molecule has 0 aliphatic rings. The minimum Gasteiger partial charge on any atom is -0.308 e. The number of rotatable bonds is 7. The van der Waals surface area contributed by atoms with E-state index >= 15 is 0 Å². The first-order valence-corrected chi connectivity index (χ1v) is 10.3. The Balaban J connectivity index is 1.88. The molecule has 2 aromatic carbocycles. The van der Waals surface area contributed by atoms with Crippen LogP contribution in [0.4, 0.5) is 10.8 Å². The molecule has 1 aromatic heterocycles. The summed E-state index contributed by atoms with van der Waals surface area (Å²) in [6.45, 7) is 5.28. The highest BCUT2D eigenvalue weighted by atomic mass is 32.1. The number of likely N-dealkylation sites (N-methyl/N-ethyl adjacent to an activating group) is 1. The second kappa shape index (κ2) is 9.15. The molecule has 0 saturated heterocycles. The lowest BCUT2D eigenvalue weighted by Crippen LogP contribution is -2.35. The van der Waals surface area contributed by atoms with Gasteiger partial charge in [0.1, 0.15) is 0 Å². The quantitative estimate of drug-likeness (QED) is 0.318. The van der Waals surface area contributed by atoms with Crippen LogP contribution in [0.1, 0.15) is 16.7 Å². The summed E-state index contributed by atoms with van der Waals surface area (Å²) in [5.74, 6) is -0.177. The van der Waals surface area contributed by atoms with Gasteiger partial charge in [-0.2, -0.15) is 0 Å². The molecule has 0 bridgehead atoms. The number of carbonyl (C=O) groups excluding carboxylic acids is 1. The van der Waals surface area contributed by atoms with Crippen molar-refractivity contribution in [3.05, 3.63) is 69.3 Å². The summed E-state index contributed by atoms with van der Waals surface area (Å²) in [4.78, 5) is 31.8. The number of hydrogen-bond donors (Lipinski definition) is 0. The molecule has 1 amide bonds. The average molecular weight is 425 g/mol. The topological polar surface area (TPSA) is 79.6 Å². The Labute approximate surface area is 179 Å². The molecule has 0 aliphatic carbocycles. The van der Waals surface area contributed by atoms with E-state index in [4.69, 9.17) is 4.98 Å². The number of amides is 1. The number of thiazole rings is 1. The molecule has 0 N–H and O–H groups in total. The summed E-state index contributed by atoms with van der Waals surface area (Å²) in [5.41, 5.74) is 3.92. The minimum absolute atomic E-state index is 0.0197. The van der Waals surface area contributed by atoms with Crippen molar-refractivity contribution in [3.63, 3.8) is 0 Å². The van der Waals surface area contributed by atoms with E-state index < -0.39 is 4.92 Å². The maximum Gasteiger partial charge on any atom is 0.269 e. The van der Waals surface area contributed by atoms with Gasteiger partial charge in [-0.3, -0.25) is 19.8 Å². The largest absolute Gasteiger partial charge is 0.308 e. The summed E-state index contributed by atoms with van der Waals surface area (Å²) in [6, 6.07) is 10.3. The first-order valence-electron chi connectivity index (χ1n) is 9.51. The Bertz CT molecular complexity index is 1100. The number of nitro benzene ring substituents is 1. The molecule has 0 fully saturated rings. The molecular weight excluding hydrogens is 400 g/mol. The molecule has 0 atom stereocenters. The van der Waals surface area contributed by atoms with Crippen LogP contribution in [0.15, 0.2) is 42.5 Å². The predicted molar refractivity (Wildman–Crippen MR) is 122 cm³/mol. The summed E-state index contributed by atoms with van der Waals surface area (Å²) in [6.07, 6.45) is 3.15. The lowest BCUT2D eigenvalue weighted by atomic mass is 10.1. The molecule has 8 heteroatoms. The second-order valence-electron chi connectivity index (χ2n) is 7.40. The molecule has 3 aromatic rings. The van der Waals surface area contributed by atoms with Crippen molar-refractivity contribution in [2.24, 2.45) is 0 Å².